The van der Waals surface area contributed by atoms with E-state index in [1.165, 1.54) is 6.26 Å². The summed E-state index contributed by atoms with van der Waals surface area (Å²) in [5, 5.41) is 4.90. The number of nitrogens with zero attached hydrogens (tertiary/aromatic N) is 3. The van der Waals surface area contributed by atoms with Crippen LogP contribution in [-0.2, 0) is 9.84 Å². The van der Waals surface area contributed by atoms with Gasteiger partial charge >= 0.3 is 0 Å². The SMILES string of the molecule is CS(=O)(=O)c1cccc(-c2ccc(-c3ccnn3-c3ccncc3Cl)s2)c1. The normalized spacial score (nSPS) is 11.6. The Labute approximate surface area is 165 Å². The zero-order chi connectivity index (χ0) is 19.0. The Morgan fingerprint density at radius 2 is 1.85 bits per heavy atom. The van der Waals surface area contributed by atoms with E-state index < -0.39 is 9.84 Å². The number of aromatic nitrogens is 3. The summed E-state index contributed by atoms with van der Waals surface area (Å²) < 4.78 is 25.4. The minimum absolute atomic E-state index is 0.309. The van der Waals surface area contributed by atoms with Crippen molar-refractivity contribution in [2.45, 2.75) is 4.90 Å². The van der Waals surface area contributed by atoms with Gasteiger partial charge in [-0.2, -0.15) is 5.10 Å². The number of rotatable bonds is 4. The van der Waals surface area contributed by atoms with E-state index in [-0.39, 0.29) is 0 Å². The number of thiophene rings is 1. The summed E-state index contributed by atoms with van der Waals surface area (Å²) in [6, 6.07) is 14.7. The molecular weight excluding hydrogens is 402 g/mol. The monoisotopic (exact) mass is 415 g/mol. The van der Waals surface area contributed by atoms with Crippen molar-refractivity contribution in [3.8, 4) is 26.7 Å². The van der Waals surface area contributed by atoms with Gasteiger partial charge < -0.3 is 0 Å². The van der Waals surface area contributed by atoms with Gasteiger partial charge in [-0.3, -0.25) is 4.98 Å². The summed E-state index contributed by atoms with van der Waals surface area (Å²) in [6.07, 6.45) is 6.18. The van der Waals surface area contributed by atoms with Gasteiger partial charge in [-0.05, 0) is 42.0 Å². The highest BCUT2D eigenvalue weighted by Crippen LogP contribution is 2.36. The lowest BCUT2D eigenvalue weighted by Gasteiger charge is -2.07. The van der Waals surface area contributed by atoms with Crippen molar-refractivity contribution in [3.63, 3.8) is 0 Å². The minimum Gasteiger partial charge on any atom is -0.263 e. The minimum atomic E-state index is -3.25. The largest absolute Gasteiger partial charge is 0.263 e. The Hall–Kier alpha value is -2.48. The molecule has 0 aliphatic rings. The predicted molar refractivity (Wildman–Crippen MR) is 108 cm³/mol. The van der Waals surface area contributed by atoms with Crippen LogP contribution in [0.4, 0.5) is 0 Å². The third-order valence-corrected chi connectivity index (χ3v) is 6.59. The summed E-state index contributed by atoms with van der Waals surface area (Å²) >= 11 is 7.82. The van der Waals surface area contributed by atoms with Gasteiger partial charge in [0.2, 0.25) is 0 Å². The quantitative estimate of drug-likeness (QED) is 0.483. The molecular formula is C19H14ClN3O2S2. The lowest BCUT2D eigenvalue weighted by molar-refractivity contribution is 0.602. The standard InChI is InChI=1S/C19H14ClN3O2S2/c1-27(24,25)14-4-2-3-13(11-14)18-5-6-19(26-18)17-8-10-22-23(17)16-7-9-21-12-15(16)20/h2-12H,1H3. The van der Waals surface area contributed by atoms with E-state index in [0.717, 1.165) is 26.7 Å². The van der Waals surface area contributed by atoms with Crippen molar-refractivity contribution >= 4 is 32.8 Å². The highest BCUT2D eigenvalue weighted by Gasteiger charge is 2.14. The molecule has 0 fully saturated rings. The average molecular weight is 416 g/mol. The second-order valence-electron chi connectivity index (χ2n) is 5.92. The van der Waals surface area contributed by atoms with Crippen LogP contribution in [0.2, 0.25) is 5.02 Å². The molecule has 0 amide bonds. The Balaban J connectivity index is 1.76. The van der Waals surface area contributed by atoms with Crippen molar-refractivity contribution < 1.29 is 8.42 Å². The summed E-state index contributed by atoms with van der Waals surface area (Å²) in [5.41, 5.74) is 2.52. The van der Waals surface area contributed by atoms with E-state index in [1.807, 2.05) is 30.3 Å². The van der Waals surface area contributed by atoms with E-state index >= 15 is 0 Å². The molecule has 4 rings (SSSR count). The Morgan fingerprint density at radius 1 is 1.04 bits per heavy atom. The van der Waals surface area contributed by atoms with Crippen molar-refractivity contribution in [3.05, 3.63) is 72.1 Å². The van der Waals surface area contributed by atoms with Crippen molar-refractivity contribution in [1.82, 2.24) is 14.8 Å². The van der Waals surface area contributed by atoms with Gasteiger partial charge in [-0.1, -0.05) is 23.7 Å². The molecule has 0 unspecified atom stereocenters. The fraction of sp³-hybridized carbons (Fsp3) is 0.0526. The average Bonchev–Trinajstić information content (AvgIpc) is 3.31. The van der Waals surface area contributed by atoms with Crippen molar-refractivity contribution in [1.29, 1.82) is 0 Å². The van der Waals surface area contributed by atoms with Crippen LogP contribution < -0.4 is 0 Å². The first-order valence-corrected chi connectivity index (χ1v) is 11.1. The number of hydrogen-bond donors (Lipinski definition) is 0. The van der Waals surface area contributed by atoms with Crippen LogP contribution in [0.5, 0.6) is 0 Å². The van der Waals surface area contributed by atoms with E-state index in [2.05, 4.69) is 10.1 Å². The first kappa shape index (κ1) is 17.9. The van der Waals surface area contributed by atoms with Crippen LogP contribution in [0.1, 0.15) is 0 Å². The zero-order valence-electron chi connectivity index (χ0n) is 14.2. The molecule has 3 heterocycles. The molecule has 4 aromatic rings. The number of halogens is 1. The number of pyridine rings is 1. The molecule has 0 N–H and O–H groups in total. The number of sulfone groups is 1. The molecule has 8 heteroatoms. The topological polar surface area (TPSA) is 64.8 Å². The second-order valence-corrected chi connectivity index (χ2v) is 9.43. The molecule has 0 saturated carbocycles. The smallest absolute Gasteiger partial charge is 0.175 e. The highest BCUT2D eigenvalue weighted by atomic mass is 35.5. The maximum absolute atomic E-state index is 11.8. The van der Waals surface area contributed by atoms with Gasteiger partial charge in [0.05, 0.1) is 32.4 Å². The number of benzene rings is 1. The van der Waals surface area contributed by atoms with Crippen LogP contribution >= 0.6 is 22.9 Å². The molecule has 136 valence electrons. The predicted octanol–water partition coefficient (Wildman–Crippen LogP) is 4.72. The van der Waals surface area contributed by atoms with Gasteiger partial charge in [0.15, 0.2) is 9.84 Å². The van der Waals surface area contributed by atoms with E-state index in [0.29, 0.717) is 9.92 Å². The second kappa shape index (κ2) is 6.92. The number of hydrogen-bond acceptors (Lipinski definition) is 5. The van der Waals surface area contributed by atoms with Crippen molar-refractivity contribution in [2.24, 2.45) is 0 Å². The fourth-order valence-corrected chi connectivity index (χ4v) is 4.61. The van der Waals surface area contributed by atoms with E-state index in [4.69, 9.17) is 11.6 Å². The Morgan fingerprint density at radius 3 is 2.63 bits per heavy atom. The lowest BCUT2D eigenvalue weighted by Crippen LogP contribution is -1.99. The van der Waals surface area contributed by atoms with E-state index in [1.54, 1.807) is 52.8 Å². The van der Waals surface area contributed by atoms with E-state index in [9.17, 15) is 8.42 Å². The maximum atomic E-state index is 11.8. The maximum Gasteiger partial charge on any atom is 0.175 e. The summed E-state index contributed by atoms with van der Waals surface area (Å²) in [5.74, 6) is 0. The summed E-state index contributed by atoms with van der Waals surface area (Å²) in [4.78, 5) is 6.29. The first-order chi connectivity index (χ1) is 12.9. The van der Waals surface area contributed by atoms with Gasteiger partial charge in [-0.25, -0.2) is 13.1 Å². The molecule has 0 spiro atoms. The highest BCUT2D eigenvalue weighted by molar-refractivity contribution is 7.90. The Kier molecular flexibility index (Phi) is 4.59. The molecule has 0 radical (unpaired) electrons. The molecule has 3 aromatic heterocycles. The molecule has 0 aliphatic carbocycles. The molecule has 0 atom stereocenters. The van der Waals surface area contributed by atoms with Crippen molar-refractivity contribution in [2.75, 3.05) is 6.26 Å². The van der Waals surface area contributed by atoms with Crippen LogP contribution in [0, 0.1) is 0 Å². The Bertz CT molecular complexity index is 1230. The van der Waals surface area contributed by atoms with Gasteiger partial charge in [-0.15, -0.1) is 11.3 Å². The summed E-state index contributed by atoms with van der Waals surface area (Å²) in [7, 11) is -3.25. The van der Waals surface area contributed by atoms with Crippen LogP contribution in [0.25, 0.3) is 26.7 Å². The van der Waals surface area contributed by atoms with Gasteiger partial charge in [0.1, 0.15) is 0 Å². The molecule has 0 bridgehead atoms. The van der Waals surface area contributed by atoms with Crippen LogP contribution in [0.3, 0.4) is 0 Å². The third kappa shape index (κ3) is 3.53. The van der Waals surface area contributed by atoms with Gasteiger partial charge in [0, 0.05) is 23.5 Å². The lowest BCUT2D eigenvalue weighted by atomic mass is 10.2. The first-order valence-electron chi connectivity index (χ1n) is 7.98. The summed E-state index contributed by atoms with van der Waals surface area (Å²) in [6.45, 7) is 0. The van der Waals surface area contributed by atoms with Crippen LogP contribution in [0.15, 0.2) is 72.0 Å². The molecule has 0 aliphatic heterocycles. The zero-order valence-corrected chi connectivity index (χ0v) is 16.6. The third-order valence-electron chi connectivity index (χ3n) is 4.03. The molecule has 1 aromatic carbocycles. The molecule has 27 heavy (non-hydrogen) atoms. The fourth-order valence-electron chi connectivity index (χ4n) is 2.73. The van der Waals surface area contributed by atoms with Gasteiger partial charge in [0.25, 0.3) is 0 Å². The molecule has 0 saturated heterocycles. The van der Waals surface area contributed by atoms with Crippen LogP contribution in [-0.4, -0.2) is 29.4 Å². The molecule has 5 nitrogen and oxygen atoms in total.